The number of ether oxygens (including phenoxy) is 1. The summed E-state index contributed by atoms with van der Waals surface area (Å²) in [6, 6.07) is 18.4. The Bertz CT molecular complexity index is 1670. The van der Waals surface area contributed by atoms with E-state index in [2.05, 4.69) is 63.0 Å². The highest BCUT2D eigenvalue weighted by molar-refractivity contribution is 5.99. The van der Waals surface area contributed by atoms with E-state index in [4.69, 9.17) is 14.2 Å². The molecule has 8 heteroatoms. The molecule has 3 aromatic heterocycles. The van der Waals surface area contributed by atoms with Crippen LogP contribution in [0.25, 0.3) is 22.2 Å². The van der Waals surface area contributed by atoms with Crippen LogP contribution in [0.5, 0.6) is 5.75 Å². The van der Waals surface area contributed by atoms with Crippen LogP contribution in [-0.2, 0) is 19.6 Å². The van der Waals surface area contributed by atoms with Gasteiger partial charge >= 0.3 is 5.76 Å². The van der Waals surface area contributed by atoms with Crippen LogP contribution in [-0.4, -0.2) is 24.7 Å². The summed E-state index contributed by atoms with van der Waals surface area (Å²) in [5.41, 5.74) is 7.60. The van der Waals surface area contributed by atoms with E-state index in [0.717, 1.165) is 69.0 Å². The molecule has 1 aliphatic heterocycles. The summed E-state index contributed by atoms with van der Waals surface area (Å²) in [4.78, 5) is 23.7. The van der Waals surface area contributed by atoms with E-state index in [-0.39, 0.29) is 0 Å². The molecule has 8 nitrogen and oxygen atoms in total. The van der Waals surface area contributed by atoms with Gasteiger partial charge in [-0.25, -0.2) is 9.78 Å². The molecule has 0 unspecified atom stereocenters. The van der Waals surface area contributed by atoms with Gasteiger partial charge in [-0.05, 0) is 43.2 Å². The lowest BCUT2D eigenvalue weighted by molar-refractivity contribution is 0.302. The highest BCUT2D eigenvalue weighted by atomic mass is 16.5. The van der Waals surface area contributed by atoms with Gasteiger partial charge in [-0.15, -0.1) is 0 Å². The summed E-state index contributed by atoms with van der Waals surface area (Å²) in [6.07, 6.45) is 3.70. The molecular formula is C28H25N5O3. The van der Waals surface area contributed by atoms with Gasteiger partial charge in [0, 0.05) is 41.4 Å². The van der Waals surface area contributed by atoms with E-state index in [1.807, 2.05) is 25.1 Å². The summed E-state index contributed by atoms with van der Waals surface area (Å²) in [5, 5.41) is 3.92. The molecule has 6 rings (SSSR count). The summed E-state index contributed by atoms with van der Waals surface area (Å²) >= 11 is 0. The molecular weight excluding hydrogens is 454 g/mol. The average Bonchev–Trinajstić information content (AvgIpc) is 3.43. The van der Waals surface area contributed by atoms with Crippen LogP contribution in [0.2, 0.25) is 0 Å². The van der Waals surface area contributed by atoms with Crippen molar-refractivity contribution in [2.45, 2.75) is 39.8 Å². The summed E-state index contributed by atoms with van der Waals surface area (Å²) in [5.74, 6) is 1.63. The van der Waals surface area contributed by atoms with Gasteiger partial charge in [0.1, 0.15) is 18.2 Å². The number of H-pyrrole nitrogens is 1. The first kappa shape index (κ1) is 22.0. The van der Waals surface area contributed by atoms with Gasteiger partial charge < -0.3 is 9.30 Å². The zero-order valence-corrected chi connectivity index (χ0v) is 20.1. The Morgan fingerprint density at radius 3 is 2.83 bits per heavy atom. The van der Waals surface area contributed by atoms with Gasteiger partial charge in [0.15, 0.2) is 5.82 Å². The largest absolute Gasteiger partial charge is 0.487 e. The zero-order chi connectivity index (χ0) is 24.6. The number of allylic oxidation sites excluding steroid dienone is 1. The van der Waals surface area contributed by atoms with Gasteiger partial charge in [-0.2, -0.15) is 0 Å². The monoisotopic (exact) mass is 479 g/mol. The minimum atomic E-state index is -0.591. The first-order chi connectivity index (χ1) is 17.6. The molecule has 0 spiro atoms. The Labute approximate surface area is 207 Å². The molecule has 0 saturated carbocycles. The summed E-state index contributed by atoms with van der Waals surface area (Å²) in [7, 11) is 0. The highest BCUT2D eigenvalue weighted by Gasteiger charge is 2.24. The van der Waals surface area contributed by atoms with Crippen molar-refractivity contribution >= 4 is 22.2 Å². The fraction of sp³-hybridized carbons (Fsp3) is 0.214. The van der Waals surface area contributed by atoms with Crippen molar-refractivity contribution in [2.24, 2.45) is 0 Å². The fourth-order valence-corrected chi connectivity index (χ4v) is 4.88. The quantitative estimate of drug-likeness (QED) is 0.382. The highest BCUT2D eigenvalue weighted by Crippen LogP contribution is 2.40. The predicted octanol–water partition coefficient (Wildman–Crippen LogP) is 4.98. The number of para-hydroxylation sites is 2. The maximum atomic E-state index is 11.6. The van der Waals surface area contributed by atoms with Crippen LogP contribution >= 0.6 is 0 Å². The molecule has 0 atom stereocenters. The van der Waals surface area contributed by atoms with Crippen molar-refractivity contribution in [3.63, 3.8) is 0 Å². The molecule has 0 bridgehead atoms. The number of nitrogens with zero attached hydrogens (tertiary/aromatic N) is 4. The molecule has 0 aliphatic carbocycles. The van der Waals surface area contributed by atoms with Gasteiger partial charge in [0.05, 0.1) is 16.7 Å². The normalized spacial score (nSPS) is 14.2. The first-order valence-corrected chi connectivity index (χ1v) is 12.0. The van der Waals surface area contributed by atoms with Crippen LogP contribution in [0.3, 0.4) is 0 Å². The van der Waals surface area contributed by atoms with Crippen molar-refractivity contribution in [1.29, 1.82) is 0 Å². The van der Waals surface area contributed by atoms with Gasteiger partial charge in [0.25, 0.3) is 0 Å². The van der Waals surface area contributed by atoms with Gasteiger partial charge in [0.2, 0.25) is 0 Å². The molecule has 1 aliphatic rings. The lowest BCUT2D eigenvalue weighted by Crippen LogP contribution is -2.06. The zero-order valence-electron chi connectivity index (χ0n) is 20.1. The van der Waals surface area contributed by atoms with Crippen molar-refractivity contribution < 1.29 is 9.26 Å². The second-order valence-corrected chi connectivity index (χ2v) is 8.91. The number of fused-ring (bicyclic) bond motifs is 3. The minimum absolute atomic E-state index is 0.341. The number of aromatic nitrogens is 5. The minimum Gasteiger partial charge on any atom is -0.487 e. The number of hydrogen-bond acceptors (Lipinski definition) is 6. The maximum absolute atomic E-state index is 11.6. The number of aryl methyl sites for hydroxylation is 1. The van der Waals surface area contributed by atoms with E-state index >= 15 is 0 Å². The van der Waals surface area contributed by atoms with Crippen LogP contribution in [0.15, 0.2) is 70.1 Å². The molecule has 2 aromatic carbocycles. The van der Waals surface area contributed by atoms with Crippen LogP contribution < -0.4 is 10.5 Å². The Balaban J connectivity index is 1.47. The van der Waals surface area contributed by atoms with E-state index in [9.17, 15) is 4.79 Å². The molecule has 5 aromatic rings. The average molecular weight is 480 g/mol. The first-order valence-electron chi connectivity index (χ1n) is 12.0. The smallest absolute Gasteiger partial charge is 0.439 e. The lowest BCUT2D eigenvalue weighted by atomic mass is 9.91. The lowest BCUT2D eigenvalue weighted by Gasteiger charge is -2.15. The molecule has 36 heavy (non-hydrogen) atoms. The van der Waals surface area contributed by atoms with E-state index < -0.39 is 5.76 Å². The number of imidazole rings is 1. The maximum Gasteiger partial charge on any atom is 0.439 e. The number of hydrogen-bond donors (Lipinski definition) is 1. The number of aromatic amines is 1. The molecule has 0 radical (unpaired) electrons. The van der Waals surface area contributed by atoms with Crippen molar-refractivity contribution in [3.8, 4) is 5.75 Å². The number of pyridine rings is 1. The Morgan fingerprint density at radius 1 is 1.11 bits per heavy atom. The third-order valence-corrected chi connectivity index (χ3v) is 6.56. The summed E-state index contributed by atoms with van der Waals surface area (Å²) in [6.45, 7) is 5.11. The second-order valence-electron chi connectivity index (χ2n) is 8.91. The predicted molar refractivity (Wildman–Crippen MR) is 137 cm³/mol. The Kier molecular flexibility index (Phi) is 5.48. The fourth-order valence-electron chi connectivity index (χ4n) is 4.88. The Morgan fingerprint density at radius 2 is 2.00 bits per heavy atom. The third-order valence-electron chi connectivity index (χ3n) is 6.56. The summed E-state index contributed by atoms with van der Waals surface area (Å²) < 4.78 is 13.3. The topological polar surface area (TPSA) is 98.8 Å². The van der Waals surface area contributed by atoms with E-state index in [1.54, 1.807) is 6.20 Å². The Hall–Kier alpha value is -4.46. The van der Waals surface area contributed by atoms with Gasteiger partial charge in [-0.1, -0.05) is 42.4 Å². The number of benzene rings is 2. The molecule has 0 amide bonds. The van der Waals surface area contributed by atoms with Gasteiger partial charge in [-0.3, -0.25) is 14.5 Å². The third kappa shape index (κ3) is 3.80. The van der Waals surface area contributed by atoms with Crippen LogP contribution in [0.1, 0.15) is 54.3 Å². The van der Waals surface area contributed by atoms with Crippen molar-refractivity contribution in [3.05, 3.63) is 105 Å². The van der Waals surface area contributed by atoms with Crippen molar-refractivity contribution in [1.82, 2.24) is 24.7 Å². The van der Waals surface area contributed by atoms with Crippen LogP contribution in [0, 0.1) is 0 Å². The molecule has 0 saturated heterocycles. The number of nitrogens with one attached hydrogen (secondary N) is 1. The van der Waals surface area contributed by atoms with E-state index in [1.165, 1.54) is 0 Å². The number of rotatable bonds is 5. The molecule has 0 fully saturated rings. The molecule has 4 heterocycles. The van der Waals surface area contributed by atoms with E-state index in [0.29, 0.717) is 19.0 Å². The molecule has 180 valence electrons. The standard InChI is InChI=1S/C28H25N5O3/c1-3-7-25-30-21-9-4-5-10-23(21)33(25)15-18-11-12-20-24(14-18)35-16-22-19(8-6-13-29-22)26(20)17(2)27-31-28(34)36-32-27/h4-6,8-14H,3,7,15-16H2,1-2H3,(H,31,32,34)/b26-17+. The SMILES string of the molecule is CCCc1nc2ccccc2n1Cc1ccc2c(c1)OCc1ncccc1/C2=C(/C)c1noc(=O)[nH]1. The second kappa shape index (κ2) is 8.96. The molecule has 1 N–H and O–H groups in total. The van der Waals surface area contributed by atoms with Crippen LogP contribution in [0.4, 0.5) is 0 Å². The van der Waals surface area contributed by atoms with Crippen molar-refractivity contribution in [2.75, 3.05) is 0 Å².